The van der Waals surface area contributed by atoms with E-state index in [4.69, 9.17) is 9.84 Å². The molecule has 0 spiro atoms. The number of nitrogens with zero attached hydrogens (tertiary/aromatic N) is 2. The lowest BCUT2D eigenvalue weighted by molar-refractivity contribution is -0.136. The Balaban J connectivity index is 1.67. The van der Waals surface area contributed by atoms with Crippen LogP contribution in [-0.2, 0) is 20.8 Å². The molecular formula is C18H15N3O6S2. The minimum Gasteiger partial charge on any atom is -0.496 e. The fraction of sp³-hybridized carbons (Fsp3) is 0.167. The van der Waals surface area contributed by atoms with Gasteiger partial charge in [-0.2, -0.15) is 0 Å². The smallest absolute Gasteiger partial charge is 0.309 e. The highest BCUT2D eigenvalue weighted by molar-refractivity contribution is 8.18. The number of carboxylic acid groups (broad SMARTS) is 1. The summed E-state index contributed by atoms with van der Waals surface area (Å²) in [4.78, 5) is 52.6. The number of carbonyl (C=O) groups excluding carboxylic acids is 3. The van der Waals surface area contributed by atoms with Crippen molar-refractivity contribution in [2.75, 3.05) is 19.0 Å². The van der Waals surface area contributed by atoms with Gasteiger partial charge in [0.25, 0.3) is 11.1 Å². The van der Waals surface area contributed by atoms with Crippen molar-refractivity contribution in [1.29, 1.82) is 0 Å². The molecule has 0 aliphatic carbocycles. The summed E-state index contributed by atoms with van der Waals surface area (Å²) in [5, 5.41) is 12.4. The number of hydrogen-bond acceptors (Lipinski definition) is 8. The van der Waals surface area contributed by atoms with E-state index in [1.165, 1.54) is 12.5 Å². The van der Waals surface area contributed by atoms with Gasteiger partial charge in [-0.3, -0.25) is 24.1 Å². The van der Waals surface area contributed by atoms with E-state index in [2.05, 4.69) is 10.3 Å². The summed E-state index contributed by atoms with van der Waals surface area (Å²) in [5.74, 6) is -1.67. The molecule has 0 atom stereocenters. The predicted molar refractivity (Wildman–Crippen MR) is 108 cm³/mol. The molecule has 1 saturated heterocycles. The second-order valence-corrected chi connectivity index (χ2v) is 7.62. The predicted octanol–water partition coefficient (Wildman–Crippen LogP) is 2.45. The number of aliphatic carboxylic acids is 1. The van der Waals surface area contributed by atoms with Gasteiger partial charge in [0.2, 0.25) is 5.91 Å². The number of nitrogens with one attached hydrogen (secondary N) is 1. The highest BCUT2D eigenvalue weighted by Gasteiger charge is 2.36. The molecule has 1 aliphatic heterocycles. The second-order valence-electron chi connectivity index (χ2n) is 5.77. The van der Waals surface area contributed by atoms with E-state index in [1.54, 1.807) is 30.3 Å². The molecule has 29 heavy (non-hydrogen) atoms. The molecule has 0 radical (unpaired) electrons. The number of anilines is 1. The number of methoxy groups -OCH3 is 1. The number of carbonyl (C=O) groups is 4. The molecule has 1 fully saturated rings. The molecular weight excluding hydrogens is 418 g/mol. The van der Waals surface area contributed by atoms with E-state index < -0.39 is 29.6 Å². The van der Waals surface area contributed by atoms with Crippen LogP contribution in [0.5, 0.6) is 5.75 Å². The average molecular weight is 433 g/mol. The maximum Gasteiger partial charge on any atom is 0.309 e. The molecule has 9 nitrogen and oxygen atoms in total. The highest BCUT2D eigenvalue weighted by atomic mass is 32.2. The van der Waals surface area contributed by atoms with Crippen molar-refractivity contribution >= 4 is 57.3 Å². The number of ether oxygens (including phenoxy) is 1. The van der Waals surface area contributed by atoms with E-state index >= 15 is 0 Å². The number of thioether (sulfide) groups is 1. The van der Waals surface area contributed by atoms with Crippen LogP contribution in [0.3, 0.4) is 0 Å². The lowest BCUT2D eigenvalue weighted by Gasteiger charge is -2.11. The van der Waals surface area contributed by atoms with Gasteiger partial charge in [-0.15, -0.1) is 11.3 Å². The Hall–Kier alpha value is -3.18. The first-order valence-electron chi connectivity index (χ1n) is 8.22. The monoisotopic (exact) mass is 433 g/mol. The minimum absolute atomic E-state index is 0.185. The van der Waals surface area contributed by atoms with Gasteiger partial charge in [-0.1, -0.05) is 18.2 Å². The first-order chi connectivity index (χ1) is 13.9. The molecule has 150 valence electrons. The Bertz CT molecular complexity index is 1020. The Morgan fingerprint density at radius 2 is 2.07 bits per heavy atom. The molecule has 1 aromatic heterocycles. The number of hydrogen-bond donors (Lipinski definition) is 2. The normalized spacial score (nSPS) is 15.1. The van der Waals surface area contributed by atoms with Gasteiger partial charge < -0.3 is 15.2 Å². The highest BCUT2D eigenvalue weighted by Crippen LogP contribution is 2.33. The van der Waals surface area contributed by atoms with Gasteiger partial charge in [-0.05, 0) is 23.9 Å². The first kappa shape index (κ1) is 20.6. The molecule has 1 aliphatic rings. The van der Waals surface area contributed by atoms with Gasteiger partial charge in [0.05, 0.1) is 24.1 Å². The lowest BCUT2D eigenvalue weighted by Crippen LogP contribution is -2.36. The number of imide groups is 1. The third-order valence-corrected chi connectivity index (χ3v) is 5.45. The van der Waals surface area contributed by atoms with E-state index in [-0.39, 0.29) is 16.5 Å². The van der Waals surface area contributed by atoms with Crippen molar-refractivity contribution < 1.29 is 29.0 Å². The van der Waals surface area contributed by atoms with Crippen LogP contribution in [0.2, 0.25) is 0 Å². The number of rotatable bonds is 7. The topological polar surface area (TPSA) is 126 Å². The van der Waals surface area contributed by atoms with Crippen molar-refractivity contribution in [3.63, 3.8) is 0 Å². The quantitative estimate of drug-likeness (QED) is 0.638. The first-order valence-corrected chi connectivity index (χ1v) is 9.91. The van der Waals surface area contributed by atoms with Gasteiger partial charge in [0, 0.05) is 10.9 Å². The van der Waals surface area contributed by atoms with Crippen molar-refractivity contribution in [3.05, 3.63) is 45.8 Å². The van der Waals surface area contributed by atoms with Crippen LogP contribution < -0.4 is 10.1 Å². The third kappa shape index (κ3) is 5.00. The largest absolute Gasteiger partial charge is 0.496 e. The van der Waals surface area contributed by atoms with Crippen molar-refractivity contribution in [1.82, 2.24) is 9.88 Å². The third-order valence-electron chi connectivity index (χ3n) is 3.73. The van der Waals surface area contributed by atoms with Gasteiger partial charge in [-0.25, -0.2) is 4.98 Å². The number of amides is 3. The molecule has 2 aromatic rings. The van der Waals surface area contributed by atoms with Crippen molar-refractivity contribution in [2.45, 2.75) is 6.42 Å². The standard InChI is InChI=1S/C18H15N3O6S2/c1-27-12-5-3-2-4-10(12)6-13-16(25)21(18(26)29-13)8-14(22)20-17-19-11(9-28-17)7-15(23)24/h2-6,9H,7-8H2,1H3,(H,23,24)(H,19,20,22)/b13-6-. The summed E-state index contributed by atoms with van der Waals surface area (Å²) in [6.07, 6.45) is 1.28. The summed E-state index contributed by atoms with van der Waals surface area (Å²) in [5.41, 5.74) is 0.947. The van der Waals surface area contributed by atoms with Crippen molar-refractivity contribution in [2.24, 2.45) is 0 Å². The number of para-hydroxylation sites is 1. The lowest BCUT2D eigenvalue weighted by atomic mass is 10.2. The molecule has 2 heterocycles. The van der Waals surface area contributed by atoms with Gasteiger partial charge in [0.1, 0.15) is 12.3 Å². The van der Waals surface area contributed by atoms with Crippen LogP contribution in [0.25, 0.3) is 6.08 Å². The zero-order chi connectivity index (χ0) is 21.0. The molecule has 3 amide bonds. The summed E-state index contributed by atoms with van der Waals surface area (Å²) >= 11 is 1.80. The zero-order valence-corrected chi connectivity index (χ0v) is 16.7. The Morgan fingerprint density at radius 1 is 1.31 bits per heavy atom. The van der Waals surface area contributed by atoms with Crippen LogP contribution in [-0.4, -0.2) is 51.7 Å². The molecule has 0 saturated carbocycles. The molecule has 0 bridgehead atoms. The van der Waals surface area contributed by atoms with E-state index in [1.807, 2.05) is 0 Å². The van der Waals surface area contributed by atoms with Crippen molar-refractivity contribution in [3.8, 4) is 5.75 Å². The number of carboxylic acids is 1. The Labute approximate surface area is 173 Å². The van der Waals surface area contributed by atoms with Crippen LogP contribution in [0.15, 0.2) is 34.6 Å². The van der Waals surface area contributed by atoms with Crippen LogP contribution in [0.1, 0.15) is 11.3 Å². The molecule has 3 rings (SSSR count). The van der Waals surface area contributed by atoms with E-state index in [0.29, 0.717) is 17.0 Å². The molecule has 1 aromatic carbocycles. The van der Waals surface area contributed by atoms with Crippen LogP contribution in [0, 0.1) is 0 Å². The molecule has 0 unspecified atom stereocenters. The molecule has 2 N–H and O–H groups in total. The SMILES string of the molecule is COc1ccccc1/C=C1\SC(=O)N(CC(=O)Nc2nc(CC(=O)O)cs2)C1=O. The van der Waals surface area contributed by atoms with Gasteiger partial charge in [0.15, 0.2) is 5.13 Å². The second kappa shape index (κ2) is 8.88. The summed E-state index contributed by atoms with van der Waals surface area (Å²) in [7, 11) is 1.50. The Morgan fingerprint density at radius 3 is 2.79 bits per heavy atom. The number of benzene rings is 1. The number of thiazole rings is 1. The van der Waals surface area contributed by atoms with E-state index in [9.17, 15) is 19.2 Å². The Kier molecular flexibility index (Phi) is 6.29. The minimum atomic E-state index is -1.03. The summed E-state index contributed by atoms with van der Waals surface area (Å²) in [6.45, 7) is -0.470. The summed E-state index contributed by atoms with van der Waals surface area (Å²) < 4.78 is 5.23. The number of aromatic nitrogens is 1. The fourth-order valence-corrected chi connectivity index (χ4v) is 4.02. The van der Waals surface area contributed by atoms with E-state index in [0.717, 1.165) is 28.0 Å². The van der Waals surface area contributed by atoms with Crippen LogP contribution in [0.4, 0.5) is 9.93 Å². The maximum atomic E-state index is 12.6. The molecule has 11 heteroatoms. The fourth-order valence-electron chi connectivity index (χ4n) is 2.47. The maximum absolute atomic E-state index is 12.6. The summed E-state index contributed by atoms with van der Waals surface area (Å²) in [6, 6.07) is 7.04. The average Bonchev–Trinajstić information content (AvgIpc) is 3.20. The van der Waals surface area contributed by atoms with Gasteiger partial charge >= 0.3 is 5.97 Å². The zero-order valence-electron chi connectivity index (χ0n) is 15.1. The van der Waals surface area contributed by atoms with Crippen LogP contribution >= 0.6 is 23.1 Å².